The van der Waals surface area contributed by atoms with Crippen LogP contribution in [0.4, 0.5) is 0 Å². The monoisotopic (exact) mass is 338 g/mol. The Balaban J connectivity index is 1.91. The van der Waals surface area contributed by atoms with Crippen molar-refractivity contribution in [1.29, 1.82) is 0 Å². The quantitative estimate of drug-likeness (QED) is 0.915. The standard InChI is InChI=1S/C16H23BrN2O/c1-16(2,3)19-10-4-5-14(19)11-18-15(20)12-6-8-13(17)9-7-12/h6-9,14H,4-5,10-11H2,1-3H3,(H,18,20). The molecule has 1 atom stereocenters. The molecule has 0 aliphatic carbocycles. The topological polar surface area (TPSA) is 32.3 Å². The Morgan fingerprint density at radius 3 is 2.60 bits per heavy atom. The summed E-state index contributed by atoms with van der Waals surface area (Å²) >= 11 is 3.38. The Morgan fingerprint density at radius 1 is 1.35 bits per heavy atom. The van der Waals surface area contributed by atoms with Crippen LogP contribution in [0.3, 0.4) is 0 Å². The van der Waals surface area contributed by atoms with Crippen molar-refractivity contribution in [2.45, 2.75) is 45.2 Å². The van der Waals surface area contributed by atoms with Gasteiger partial charge in [0.1, 0.15) is 0 Å². The molecule has 1 aliphatic heterocycles. The second-order valence-electron chi connectivity index (χ2n) is 6.38. The highest BCUT2D eigenvalue weighted by atomic mass is 79.9. The van der Waals surface area contributed by atoms with Gasteiger partial charge in [0.2, 0.25) is 0 Å². The largest absolute Gasteiger partial charge is 0.350 e. The summed E-state index contributed by atoms with van der Waals surface area (Å²) < 4.78 is 0.990. The summed E-state index contributed by atoms with van der Waals surface area (Å²) in [6.45, 7) is 8.57. The molecule has 2 rings (SSSR count). The Bertz CT molecular complexity index is 464. The van der Waals surface area contributed by atoms with Gasteiger partial charge in [-0.15, -0.1) is 0 Å². The third kappa shape index (κ3) is 3.83. The summed E-state index contributed by atoms with van der Waals surface area (Å²) in [5, 5.41) is 3.07. The highest BCUT2D eigenvalue weighted by molar-refractivity contribution is 9.10. The molecular formula is C16H23BrN2O. The summed E-state index contributed by atoms with van der Waals surface area (Å²) in [4.78, 5) is 14.6. The maximum atomic E-state index is 12.1. The van der Waals surface area contributed by atoms with Gasteiger partial charge in [0, 0.05) is 28.2 Å². The number of carbonyl (C=O) groups excluding carboxylic acids is 1. The fraction of sp³-hybridized carbons (Fsp3) is 0.562. The van der Waals surface area contributed by atoms with E-state index in [2.05, 4.69) is 46.9 Å². The van der Waals surface area contributed by atoms with Crippen molar-refractivity contribution in [3.05, 3.63) is 34.3 Å². The average Bonchev–Trinajstić information content (AvgIpc) is 2.85. The van der Waals surface area contributed by atoms with Crippen molar-refractivity contribution >= 4 is 21.8 Å². The summed E-state index contributed by atoms with van der Waals surface area (Å²) in [6.07, 6.45) is 2.38. The van der Waals surface area contributed by atoms with Crippen LogP contribution >= 0.6 is 15.9 Å². The van der Waals surface area contributed by atoms with E-state index in [0.717, 1.165) is 24.0 Å². The third-order valence-electron chi connectivity index (χ3n) is 3.84. The Labute approximate surface area is 129 Å². The van der Waals surface area contributed by atoms with Crippen LogP contribution in [0.2, 0.25) is 0 Å². The lowest BCUT2D eigenvalue weighted by atomic mass is 10.0. The number of hydrogen-bond acceptors (Lipinski definition) is 2. The second-order valence-corrected chi connectivity index (χ2v) is 7.29. The van der Waals surface area contributed by atoms with E-state index in [1.54, 1.807) is 0 Å². The van der Waals surface area contributed by atoms with E-state index in [1.807, 2.05) is 24.3 Å². The SMILES string of the molecule is CC(C)(C)N1CCCC1CNC(=O)c1ccc(Br)cc1. The molecule has 1 heterocycles. The fourth-order valence-corrected chi connectivity index (χ4v) is 3.11. The van der Waals surface area contributed by atoms with Crippen molar-refractivity contribution < 1.29 is 4.79 Å². The van der Waals surface area contributed by atoms with Crippen molar-refractivity contribution in [3.8, 4) is 0 Å². The lowest BCUT2D eigenvalue weighted by Gasteiger charge is -2.37. The normalized spacial score (nSPS) is 20.1. The van der Waals surface area contributed by atoms with Crippen molar-refractivity contribution in [2.75, 3.05) is 13.1 Å². The van der Waals surface area contributed by atoms with E-state index in [9.17, 15) is 4.79 Å². The molecular weight excluding hydrogens is 316 g/mol. The van der Waals surface area contributed by atoms with E-state index in [4.69, 9.17) is 0 Å². The number of halogens is 1. The van der Waals surface area contributed by atoms with Gasteiger partial charge in [-0.25, -0.2) is 0 Å². The minimum Gasteiger partial charge on any atom is -0.350 e. The summed E-state index contributed by atoms with van der Waals surface area (Å²) in [6, 6.07) is 7.93. The molecule has 0 radical (unpaired) electrons. The molecule has 1 N–H and O–H groups in total. The van der Waals surface area contributed by atoms with E-state index in [1.165, 1.54) is 6.42 Å². The van der Waals surface area contributed by atoms with Crippen LogP contribution < -0.4 is 5.32 Å². The molecule has 1 saturated heterocycles. The van der Waals surface area contributed by atoms with E-state index >= 15 is 0 Å². The molecule has 1 aliphatic rings. The third-order valence-corrected chi connectivity index (χ3v) is 4.37. The molecule has 0 spiro atoms. The van der Waals surface area contributed by atoms with Gasteiger partial charge in [-0.2, -0.15) is 0 Å². The van der Waals surface area contributed by atoms with E-state index < -0.39 is 0 Å². The molecule has 110 valence electrons. The zero-order valence-electron chi connectivity index (χ0n) is 12.4. The van der Waals surface area contributed by atoms with Crippen molar-refractivity contribution in [3.63, 3.8) is 0 Å². The first-order chi connectivity index (χ1) is 9.38. The number of carbonyl (C=O) groups is 1. The summed E-state index contributed by atoms with van der Waals surface area (Å²) in [5.74, 6) is 0.0123. The van der Waals surface area contributed by atoms with Crippen LogP contribution in [0.1, 0.15) is 44.0 Å². The Hall–Kier alpha value is -0.870. The molecule has 4 heteroatoms. The first-order valence-corrected chi connectivity index (χ1v) is 7.98. The molecule has 1 aromatic rings. The number of likely N-dealkylation sites (tertiary alicyclic amines) is 1. The predicted octanol–water partition coefficient (Wildman–Crippen LogP) is 3.44. The molecule has 20 heavy (non-hydrogen) atoms. The number of hydrogen-bond donors (Lipinski definition) is 1. The highest BCUT2D eigenvalue weighted by Gasteiger charge is 2.32. The van der Waals surface area contributed by atoms with Gasteiger partial charge in [-0.3, -0.25) is 9.69 Å². The smallest absolute Gasteiger partial charge is 0.251 e. The van der Waals surface area contributed by atoms with E-state index in [0.29, 0.717) is 11.6 Å². The fourth-order valence-electron chi connectivity index (χ4n) is 2.84. The molecule has 1 amide bonds. The zero-order valence-corrected chi connectivity index (χ0v) is 14.0. The second kappa shape index (κ2) is 6.27. The number of benzene rings is 1. The molecule has 1 aromatic carbocycles. The van der Waals surface area contributed by atoms with Gasteiger partial charge < -0.3 is 5.32 Å². The average molecular weight is 339 g/mol. The number of amides is 1. The molecule has 1 fully saturated rings. The first-order valence-electron chi connectivity index (χ1n) is 7.18. The first kappa shape index (κ1) is 15.5. The van der Waals surface area contributed by atoms with Gasteiger partial charge in [0.05, 0.1) is 0 Å². The maximum absolute atomic E-state index is 12.1. The highest BCUT2D eigenvalue weighted by Crippen LogP contribution is 2.25. The van der Waals surface area contributed by atoms with Gasteiger partial charge >= 0.3 is 0 Å². The Morgan fingerprint density at radius 2 is 2.00 bits per heavy atom. The van der Waals surface area contributed by atoms with Crippen LogP contribution in [0.25, 0.3) is 0 Å². The number of nitrogens with zero attached hydrogens (tertiary/aromatic N) is 1. The van der Waals surface area contributed by atoms with Gasteiger partial charge in [-0.05, 0) is 64.4 Å². The molecule has 0 aromatic heterocycles. The minimum absolute atomic E-state index is 0.0123. The van der Waals surface area contributed by atoms with Crippen LogP contribution in [-0.4, -0.2) is 35.5 Å². The molecule has 1 unspecified atom stereocenters. The lowest BCUT2D eigenvalue weighted by Crippen LogP contribution is -2.49. The molecule has 0 bridgehead atoms. The van der Waals surface area contributed by atoms with Crippen LogP contribution in [0.5, 0.6) is 0 Å². The number of nitrogens with one attached hydrogen (secondary N) is 1. The predicted molar refractivity (Wildman–Crippen MR) is 86.0 cm³/mol. The van der Waals surface area contributed by atoms with Crippen molar-refractivity contribution in [1.82, 2.24) is 10.2 Å². The van der Waals surface area contributed by atoms with E-state index in [-0.39, 0.29) is 11.4 Å². The van der Waals surface area contributed by atoms with Gasteiger partial charge in [-0.1, -0.05) is 15.9 Å². The zero-order chi connectivity index (χ0) is 14.8. The summed E-state index contributed by atoms with van der Waals surface area (Å²) in [5.41, 5.74) is 0.886. The molecule has 3 nitrogen and oxygen atoms in total. The van der Waals surface area contributed by atoms with Crippen LogP contribution in [-0.2, 0) is 0 Å². The van der Waals surface area contributed by atoms with Crippen molar-refractivity contribution in [2.24, 2.45) is 0 Å². The minimum atomic E-state index is 0.0123. The number of rotatable bonds is 3. The maximum Gasteiger partial charge on any atom is 0.251 e. The molecule has 0 saturated carbocycles. The van der Waals surface area contributed by atoms with Gasteiger partial charge in [0.15, 0.2) is 0 Å². The van der Waals surface area contributed by atoms with Crippen LogP contribution in [0.15, 0.2) is 28.7 Å². The Kier molecular flexibility index (Phi) is 4.86. The van der Waals surface area contributed by atoms with Crippen LogP contribution in [0, 0.1) is 0 Å². The summed E-state index contributed by atoms with van der Waals surface area (Å²) in [7, 11) is 0. The van der Waals surface area contributed by atoms with Gasteiger partial charge in [0.25, 0.3) is 5.91 Å². The lowest BCUT2D eigenvalue weighted by molar-refractivity contribution is 0.0898.